The average molecular weight is 259 g/mol. The van der Waals surface area contributed by atoms with Gasteiger partial charge in [-0.25, -0.2) is 8.78 Å². The zero-order valence-electron chi connectivity index (χ0n) is 12.2. The van der Waals surface area contributed by atoms with E-state index in [0.717, 1.165) is 25.7 Å². The van der Waals surface area contributed by atoms with Crippen LogP contribution >= 0.6 is 0 Å². The Labute approximate surface area is 111 Å². The number of alkyl halides is 2. The Morgan fingerprint density at radius 2 is 1.89 bits per heavy atom. The summed E-state index contributed by atoms with van der Waals surface area (Å²) in [6.07, 6.45) is 4.36. The molecular weight excluding hydrogens is 232 g/mol. The maximum Gasteiger partial charge on any atom is 0.278 e. The lowest BCUT2D eigenvalue weighted by atomic mass is 10.0. The summed E-state index contributed by atoms with van der Waals surface area (Å²) < 4.78 is 26.2. The van der Waals surface area contributed by atoms with Gasteiger partial charge in [0, 0.05) is 13.1 Å². The van der Waals surface area contributed by atoms with Crippen LogP contribution in [0.4, 0.5) is 8.78 Å². The van der Waals surface area contributed by atoms with Gasteiger partial charge < -0.3 is 4.90 Å². The molecule has 1 nitrogen and oxygen atoms in total. The van der Waals surface area contributed by atoms with E-state index >= 15 is 0 Å². The van der Waals surface area contributed by atoms with Crippen molar-refractivity contribution < 1.29 is 8.78 Å². The van der Waals surface area contributed by atoms with Crippen LogP contribution in [-0.2, 0) is 0 Å². The maximum atomic E-state index is 13.1. The van der Waals surface area contributed by atoms with Crippen LogP contribution < -0.4 is 0 Å². The highest BCUT2D eigenvalue weighted by atomic mass is 19.3. The van der Waals surface area contributed by atoms with Crippen LogP contribution in [0, 0.1) is 0 Å². The normalized spacial score (nSPS) is 14.4. The van der Waals surface area contributed by atoms with Crippen molar-refractivity contribution >= 4 is 0 Å². The minimum absolute atomic E-state index is 0.119. The van der Waals surface area contributed by atoms with Crippen LogP contribution in [0.5, 0.6) is 0 Å². The van der Waals surface area contributed by atoms with Gasteiger partial charge in [-0.1, -0.05) is 45.8 Å². The molecule has 1 atom stereocenters. The molecule has 0 spiro atoms. The summed E-state index contributed by atoms with van der Waals surface area (Å²) in [6, 6.07) is 0.190. The summed E-state index contributed by atoms with van der Waals surface area (Å²) in [5, 5.41) is 0. The number of allylic oxidation sites excluding steroid dienone is 3. The second kappa shape index (κ2) is 9.12. The number of unbranched alkanes of at least 4 members (excludes halogenated alkanes) is 2. The lowest BCUT2D eigenvalue weighted by molar-refractivity contribution is 0.126. The molecule has 0 amide bonds. The third-order valence-electron chi connectivity index (χ3n) is 3.46. The summed E-state index contributed by atoms with van der Waals surface area (Å²) >= 11 is 0. The van der Waals surface area contributed by atoms with Gasteiger partial charge in [0.2, 0.25) is 0 Å². The van der Waals surface area contributed by atoms with Crippen LogP contribution in [0.2, 0.25) is 0 Å². The van der Waals surface area contributed by atoms with Gasteiger partial charge in [-0.2, -0.15) is 0 Å². The fraction of sp³-hybridized carbons (Fsp3) is 0.733. The molecule has 3 heteroatoms. The van der Waals surface area contributed by atoms with Crippen LogP contribution in [-0.4, -0.2) is 24.4 Å². The van der Waals surface area contributed by atoms with Gasteiger partial charge in [-0.3, -0.25) is 0 Å². The van der Waals surface area contributed by atoms with Crippen molar-refractivity contribution in [2.45, 2.75) is 65.3 Å². The Balaban J connectivity index is 4.82. The molecule has 106 valence electrons. The van der Waals surface area contributed by atoms with Gasteiger partial charge in [0.1, 0.15) is 0 Å². The van der Waals surface area contributed by atoms with Gasteiger partial charge in [-0.05, 0) is 25.3 Å². The van der Waals surface area contributed by atoms with E-state index in [0.29, 0.717) is 5.57 Å². The number of nitrogens with zero attached hydrogens (tertiary/aromatic N) is 1. The first kappa shape index (κ1) is 17.1. The van der Waals surface area contributed by atoms with Crippen molar-refractivity contribution in [3.05, 3.63) is 23.9 Å². The van der Waals surface area contributed by atoms with Gasteiger partial charge in [0.05, 0.1) is 5.70 Å². The second-order valence-corrected chi connectivity index (χ2v) is 4.74. The Hall–Kier alpha value is -0.860. The van der Waals surface area contributed by atoms with Gasteiger partial charge in [0.15, 0.2) is 0 Å². The first-order chi connectivity index (χ1) is 8.49. The molecule has 0 aliphatic carbocycles. The number of rotatable bonds is 9. The van der Waals surface area contributed by atoms with E-state index in [4.69, 9.17) is 0 Å². The predicted octanol–water partition coefficient (Wildman–Crippen LogP) is 5.00. The standard InChI is InChI=1S/C15H27F2N/c1-6-9-10-11-13(8-3)18(5)14(15(16)17)12(4)7-2/h7,13,15H,2,6,8-11H2,1,3-5H3/b14-12-. The molecule has 0 rings (SSSR count). The smallest absolute Gasteiger partial charge is 0.278 e. The van der Waals surface area contributed by atoms with Crippen LogP contribution in [0.25, 0.3) is 0 Å². The Bertz CT molecular complexity index is 272. The van der Waals surface area contributed by atoms with Crippen molar-refractivity contribution in [2.24, 2.45) is 0 Å². The number of halogens is 2. The largest absolute Gasteiger partial charge is 0.370 e. The minimum atomic E-state index is -2.44. The third-order valence-corrected chi connectivity index (χ3v) is 3.46. The SMILES string of the molecule is C=C/C(C)=C(/C(F)F)N(C)C(CC)CCCCC. The average Bonchev–Trinajstić information content (AvgIpc) is 2.34. The van der Waals surface area contributed by atoms with Crippen molar-refractivity contribution in [1.29, 1.82) is 0 Å². The molecule has 0 aliphatic rings. The molecule has 0 aromatic heterocycles. The highest BCUT2D eigenvalue weighted by Crippen LogP contribution is 2.24. The summed E-state index contributed by atoms with van der Waals surface area (Å²) in [4.78, 5) is 1.75. The summed E-state index contributed by atoms with van der Waals surface area (Å²) in [7, 11) is 1.77. The second-order valence-electron chi connectivity index (χ2n) is 4.74. The van der Waals surface area contributed by atoms with Crippen LogP contribution in [0.3, 0.4) is 0 Å². The fourth-order valence-electron chi connectivity index (χ4n) is 2.21. The van der Waals surface area contributed by atoms with Gasteiger partial charge in [-0.15, -0.1) is 0 Å². The Morgan fingerprint density at radius 3 is 2.28 bits per heavy atom. The molecule has 18 heavy (non-hydrogen) atoms. The molecule has 0 radical (unpaired) electrons. The molecule has 0 saturated carbocycles. The van der Waals surface area contributed by atoms with E-state index < -0.39 is 6.43 Å². The molecule has 0 heterocycles. The van der Waals surface area contributed by atoms with Crippen molar-refractivity contribution in [3.63, 3.8) is 0 Å². The van der Waals surface area contributed by atoms with Crippen molar-refractivity contribution in [2.75, 3.05) is 7.05 Å². The molecule has 0 fully saturated rings. The molecule has 0 N–H and O–H groups in total. The monoisotopic (exact) mass is 259 g/mol. The summed E-state index contributed by atoms with van der Waals surface area (Å²) in [6.45, 7) is 9.49. The maximum absolute atomic E-state index is 13.1. The van der Waals surface area contributed by atoms with Crippen LogP contribution in [0.15, 0.2) is 23.9 Å². The molecule has 0 bridgehead atoms. The van der Waals surface area contributed by atoms with Crippen molar-refractivity contribution in [1.82, 2.24) is 4.90 Å². The third kappa shape index (κ3) is 5.19. The van der Waals surface area contributed by atoms with Crippen LogP contribution in [0.1, 0.15) is 52.9 Å². The van der Waals surface area contributed by atoms with E-state index in [1.807, 2.05) is 0 Å². The fourth-order valence-corrected chi connectivity index (χ4v) is 2.21. The molecule has 1 unspecified atom stereocenters. The quantitative estimate of drug-likeness (QED) is 0.416. The molecule has 0 aliphatic heterocycles. The predicted molar refractivity (Wildman–Crippen MR) is 74.9 cm³/mol. The highest BCUT2D eigenvalue weighted by molar-refractivity contribution is 5.23. The van der Waals surface area contributed by atoms with E-state index in [1.165, 1.54) is 12.5 Å². The zero-order chi connectivity index (χ0) is 14.1. The molecule has 0 aromatic carbocycles. The Kier molecular flexibility index (Phi) is 8.69. The topological polar surface area (TPSA) is 3.24 Å². The zero-order valence-corrected chi connectivity index (χ0v) is 12.2. The number of hydrogen-bond acceptors (Lipinski definition) is 1. The van der Waals surface area contributed by atoms with E-state index in [9.17, 15) is 8.78 Å². The lowest BCUT2D eigenvalue weighted by Gasteiger charge is -2.32. The number of hydrogen-bond donors (Lipinski definition) is 0. The first-order valence-corrected chi connectivity index (χ1v) is 6.83. The minimum Gasteiger partial charge on any atom is -0.370 e. The summed E-state index contributed by atoms with van der Waals surface area (Å²) in [5.41, 5.74) is 0.690. The first-order valence-electron chi connectivity index (χ1n) is 6.83. The Morgan fingerprint density at radius 1 is 1.28 bits per heavy atom. The molecular formula is C15H27F2N. The lowest BCUT2D eigenvalue weighted by Crippen LogP contribution is -2.34. The van der Waals surface area contributed by atoms with Gasteiger partial charge >= 0.3 is 0 Å². The highest BCUT2D eigenvalue weighted by Gasteiger charge is 2.23. The van der Waals surface area contributed by atoms with Crippen molar-refractivity contribution in [3.8, 4) is 0 Å². The van der Waals surface area contributed by atoms with Gasteiger partial charge in [0.25, 0.3) is 6.43 Å². The van der Waals surface area contributed by atoms with E-state index in [-0.39, 0.29) is 11.7 Å². The molecule has 0 aromatic rings. The summed E-state index contributed by atoms with van der Waals surface area (Å²) in [5.74, 6) is 0. The van der Waals surface area contributed by atoms with E-state index in [2.05, 4.69) is 20.4 Å². The molecule has 0 saturated heterocycles. The van der Waals surface area contributed by atoms with E-state index in [1.54, 1.807) is 18.9 Å².